The van der Waals surface area contributed by atoms with Gasteiger partial charge in [0.05, 0.1) is 6.61 Å². The second-order valence-corrected chi connectivity index (χ2v) is 5.83. The molecule has 6 heteroatoms. The Hall–Kier alpha value is -2.08. The third-order valence-corrected chi connectivity index (χ3v) is 2.52. The van der Waals surface area contributed by atoms with Crippen molar-refractivity contribution in [3.63, 3.8) is 0 Å². The van der Waals surface area contributed by atoms with Gasteiger partial charge in [-0.1, -0.05) is 30.3 Å². The summed E-state index contributed by atoms with van der Waals surface area (Å²) in [5.74, 6) is -0.220. The van der Waals surface area contributed by atoms with Crippen LogP contribution in [0.5, 0.6) is 0 Å². The predicted molar refractivity (Wildman–Crippen MR) is 82.8 cm³/mol. The van der Waals surface area contributed by atoms with Gasteiger partial charge in [-0.05, 0) is 32.8 Å². The van der Waals surface area contributed by atoms with Gasteiger partial charge in [-0.25, -0.2) is 10.3 Å². The molecule has 0 saturated heterocycles. The molecule has 0 spiro atoms. The quantitative estimate of drug-likeness (QED) is 0.599. The summed E-state index contributed by atoms with van der Waals surface area (Å²) in [5, 5.41) is 2.59. The van der Waals surface area contributed by atoms with Crippen molar-refractivity contribution in [3.05, 3.63) is 35.9 Å². The summed E-state index contributed by atoms with van der Waals surface area (Å²) in [4.78, 5) is 28.0. The van der Waals surface area contributed by atoms with Gasteiger partial charge in [-0.2, -0.15) is 0 Å². The van der Waals surface area contributed by atoms with E-state index >= 15 is 0 Å². The molecule has 0 aliphatic heterocycles. The minimum absolute atomic E-state index is 0.220. The summed E-state index contributed by atoms with van der Waals surface area (Å²) in [7, 11) is 0. The van der Waals surface area contributed by atoms with Crippen molar-refractivity contribution in [3.8, 4) is 0 Å². The molecular weight excluding hydrogens is 284 g/mol. The summed E-state index contributed by atoms with van der Waals surface area (Å²) < 4.78 is 5.08. The summed E-state index contributed by atoms with van der Waals surface area (Å²) in [5.41, 5.74) is 2.83. The smallest absolute Gasteiger partial charge is 0.407 e. The summed E-state index contributed by atoms with van der Waals surface area (Å²) in [6, 6.07) is 9.55. The lowest BCUT2D eigenvalue weighted by Crippen LogP contribution is -2.33. The molecule has 1 rings (SSSR count). The van der Waals surface area contributed by atoms with Crippen LogP contribution in [0.4, 0.5) is 4.79 Å². The van der Waals surface area contributed by atoms with Gasteiger partial charge >= 0.3 is 6.09 Å². The number of benzene rings is 1. The maximum absolute atomic E-state index is 11.5. The van der Waals surface area contributed by atoms with Gasteiger partial charge in [0, 0.05) is 13.0 Å². The van der Waals surface area contributed by atoms with Gasteiger partial charge in [0.1, 0.15) is 5.60 Å². The Kier molecular flexibility index (Phi) is 7.39. The number of amides is 2. The maximum Gasteiger partial charge on any atom is 0.407 e. The van der Waals surface area contributed by atoms with Crippen LogP contribution in [0.1, 0.15) is 39.2 Å². The van der Waals surface area contributed by atoms with Crippen LogP contribution in [0.25, 0.3) is 0 Å². The molecule has 0 aliphatic rings. The molecule has 1 aromatic rings. The Labute approximate surface area is 131 Å². The van der Waals surface area contributed by atoms with E-state index < -0.39 is 11.7 Å². The first-order chi connectivity index (χ1) is 10.4. The highest BCUT2D eigenvalue weighted by Crippen LogP contribution is 2.06. The highest BCUT2D eigenvalue weighted by atomic mass is 16.6. The molecule has 0 radical (unpaired) electrons. The molecule has 0 fully saturated rings. The van der Waals surface area contributed by atoms with E-state index in [2.05, 4.69) is 10.8 Å². The molecule has 0 atom stereocenters. The van der Waals surface area contributed by atoms with E-state index in [1.165, 1.54) is 0 Å². The fourth-order valence-electron chi connectivity index (χ4n) is 1.58. The molecule has 2 N–H and O–H groups in total. The lowest BCUT2D eigenvalue weighted by molar-refractivity contribution is -0.134. The van der Waals surface area contributed by atoms with Crippen molar-refractivity contribution in [1.82, 2.24) is 10.8 Å². The molecule has 0 aromatic heterocycles. The molecule has 0 saturated carbocycles. The highest BCUT2D eigenvalue weighted by Gasteiger charge is 2.15. The lowest BCUT2D eigenvalue weighted by atomic mass is 10.2. The van der Waals surface area contributed by atoms with Gasteiger partial charge in [-0.3, -0.25) is 9.63 Å². The Morgan fingerprint density at radius 2 is 1.82 bits per heavy atom. The molecule has 0 aliphatic carbocycles. The molecule has 0 bridgehead atoms. The van der Waals surface area contributed by atoms with Crippen molar-refractivity contribution >= 4 is 12.0 Å². The number of nitrogens with one attached hydrogen (secondary N) is 2. The van der Waals surface area contributed by atoms with E-state index in [-0.39, 0.29) is 12.3 Å². The zero-order valence-electron chi connectivity index (χ0n) is 13.3. The fraction of sp³-hybridized carbons (Fsp3) is 0.500. The Balaban J connectivity index is 2.05. The normalized spacial score (nSPS) is 10.9. The zero-order chi connectivity index (χ0) is 16.4. The van der Waals surface area contributed by atoms with Crippen molar-refractivity contribution in [2.45, 2.75) is 45.8 Å². The van der Waals surface area contributed by atoms with Crippen molar-refractivity contribution in [2.75, 3.05) is 6.54 Å². The minimum atomic E-state index is -0.521. The zero-order valence-corrected chi connectivity index (χ0v) is 13.3. The molecular formula is C16H24N2O4. The Morgan fingerprint density at radius 1 is 1.14 bits per heavy atom. The van der Waals surface area contributed by atoms with E-state index in [0.717, 1.165) is 5.56 Å². The van der Waals surface area contributed by atoms with Crippen LogP contribution in [0.2, 0.25) is 0 Å². The van der Waals surface area contributed by atoms with E-state index in [0.29, 0.717) is 19.6 Å². The number of rotatable bonds is 7. The lowest BCUT2D eigenvalue weighted by Gasteiger charge is -2.19. The molecule has 2 amide bonds. The minimum Gasteiger partial charge on any atom is -0.444 e. The monoisotopic (exact) mass is 308 g/mol. The standard InChI is InChI=1S/C16H24N2O4/c1-16(2,3)22-15(20)17-11-7-10-14(19)18-21-12-13-8-5-4-6-9-13/h4-6,8-9H,7,10-12H2,1-3H3,(H,17,20)(H,18,19). The average molecular weight is 308 g/mol. The van der Waals surface area contributed by atoms with Gasteiger partial charge in [0.2, 0.25) is 5.91 Å². The molecule has 0 unspecified atom stereocenters. The highest BCUT2D eigenvalue weighted by molar-refractivity contribution is 5.74. The predicted octanol–water partition coefficient (Wildman–Crippen LogP) is 2.54. The number of hydroxylamine groups is 1. The van der Waals surface area contributed by atoms with Gasteiger partial charge in [0.25, 0.3) is 0 Å². The summed E-state index contributed by atoms with van der Waals surface area (Å²) in [6.07, 6.45) is 0.304. The number of alkyl carbamates (subject to hydrolysis) is 1. The largest absolute Gasteiger partial charge is 0.444 e. The van der Waals surface area contributed by atoms with Gasteiger partial charge in [0.15, 0.2) is 0 Å². The van der Waals surface area contributed by atoms with Crippen LogP contribution in [0.15, 0.2) is 30.3 Å². The van der Waals surface area contributed by atoms with Crippen LogP contribution in [0, 0.1) is 0 Å². The molecule has 22 heavy (non-hydrogen) atoms. The molecule has 122 valence electrons. The van der Waals surface area contributed by atoms with Crippen LogP contribution < -0.4 is 10.8 Å². The SMILES string of the molecule is CC(C)(C)OC(=O)NCCCC(=O)NOCc1ccccc1. The number of hydrogen-bond acceptors (Lipinski definition) is 4. The van der Waals surface area contributed by atoms with E-state index in [1.54, 1.807) is 20.8 Å². The van der Waals surface area contributed by atoms with Crippen molar-refractivity contribution in [2.24, 2.45) is 0 Å². The second kappa shape index (κ2) is 9.04. The summed E-state index contributed by atoms with van der Waals surface area (Å²) in [6.45, 7) is 6.09. The number of ether oxygens (including phenoxy) is 1. The number of hydrogen-bond donors (Lipinski definition) is 2. The first kappa shape index (κ1) is 18.0. The van der Waals surface area contributed by atoms with Gasteiger partial charge in [-0.15, -0.1) is 0 Å². The number of carbonyl (C=O) groups excluding carboxylic acids is 2. The van der Waals surface area contributed by atoms with Crippen LogP contribution in [-0.4, -0.2) is 24.1 Å². The Morgan fingerprint density at radius 3 is 2.45 bits per heavy atom. The summed E-state index contributed by atoms with van der Waals surface area (Å²) >= 11 is 0. The van der Waals surface area contributed by atoms with Crippen molar-refractivity contribution in [1.29, 1.82) is 0 Å². The Bertz CT molecular complexity index is 469. The molecule has 0 heterocycles. The molecule has 6 nitrogen and oxygen atoms in total. The first-order valence-electron chi connectivity index (χ1n) is 7.28. The number of carbonyl (C=O) groups is 2. The second-order valence-electron chi connectivity index (χ2n) is 5.83. The van der Waals surface area contributed by atoms with E-state index in [4.69, 9.17) is 9.57 Å². The van der Waals surface area contributed by atoms with Crippen molar-refractivity contribution < 1.29 is 19.2 Å². The van der Waals surface area contributed by atoms with E-state index in [9.17, 15) is 9.59 Å². The topological polar surface area (TPSA) is 76.7 Å². The van der Waals surface area contributed by atoms with Crippen LogP contribution in [-0.2, 0) is 21.0 Å². The third-order valence-electron chi connectivity index (χ3n) is 2.52. The molecule has 1 aromatic carbocycles. The van der Waals surface area contributed by atoms with Crippen LogP contribution in [0.3, 0.4) is 0 Å². The fourth-order valence-corrected chi connectivity index (χ4v) is 1.58. The maximum atomic E-state index is 11.5. The van der Waals surface area contributed by atoms with Gasteiger partial charge < -0.3 is 10.1 Å². The first-order valence-corrected chi connectivity index (χ1v) is 7.28. The third kappa shape index (κ3) is 8.97. The van der Waals surface area contributed by atoms with Crippen LogP contribution >= 0.6 is 0 Å². The van der Waals surface area contributed by atoms with E-state index in [1.807, 2.05) is 30.3 Å². The average Bonchev–Trinajstić information content (AvgIpc) is 2.43.